The van der Waals surface area contributed by atoms with Crippen LogP contribution in [-0.4, -0.2) is 50.2 Å². The molecule has 1 fully saturated rings. The van der Waals surface area contributed by atoms with E-state index >= 15 is 0 Å². The summed E-state index contributed by atoms with van der Waals surface area (Å²) < 4.78 is 52.8. The van der Waals surface area contributed by atoms with Crippen molar-refractivity contribution in [1.82, 2.24) is 9.21 Å². The smallest absolute Gasteiger partial charge is 0.246 e. The van der Waals surface area contributed by atoms with E-state index in [1.165, 1.54) is 4.90 Å². The molecule has 1 saturated heterocycles. The molecule has 1 aliphatic rings. The highest BCUT2D eigenvalue weighted by Gasteiger charge is 2.32. The molecule has 0 bridgehead atoms. The topological polar surface area (TPSA) is 83.7 Å². The Hall–Kier alpha value is -1.74. The molecule has 0 unspecified atom stereocenters. The second kappa shape index (κ2) is 5.57. The van der Waals surface area contributed by atoms with Crippen molar-refractivity contribution < 1.29 is 22.0 Å². The monoisotopic (exact) mass is 319 g/mol. The molecule has 116 valence electrons. The minimum absolute atomic E-state index is 0.0785. The van der Waals surface area contributed by atoms with Crippen molar-refractivity contribution in [1.29, 1.82) is 0 Å². The fraction of sp³-hybridized carbons (Fsp3) is 0.417. The van der Waals surface area contributed by atoms with Gasteiger partial charge in [-0.3, -0.25) is 4.79 Å². The third kappa shape index (κ3) is 2.84. The number of halogens is 2. The minimum atomic E-state index is -4.25. The van der Waals surface area contributed by atoms with Crippen LogP contribution in [0.5, 0.6) is 0 Å². The second-order valence-electron chi connectivity index (χ2n) is 4.78. The molecule has 1 aromatic carbocycles. The average molecular weight is 319 g/mol. The Balaban J connectivity index is 2.43. The molecule has 0 spiro atoms. The zero-order valence-electron chi connectivity index (χ0n) is 11.3. The molecule has 6 nitrogen and oxygen atoms in total. The molecular formula is C12H15F2N3O3S. The Bertz CT molecular complexity index is 679. The van der Waals surface area contributed by atoms with Crippen molar-refractivity contribution in [3.8, 4) is 0 Å². The van der Waals surface area contributed by atoms with Crippen molar-refractivity contribution in [2.24, 2.45) is 0 Å². The standard InChI is InChI=1S/C12H15F2N3O3S/c1-16-5-2-6-17(7-10(16)18)21(19,20)9-4-3-8(13)12(15)11(9)14/h3-4H,2,5-7,15H2,1H3. The zero-order chi connectivity index (χ0) is 15.8. The van der Waals surface area contributed by atoms with Crippen LogP contribution in [0.3, 0.4) is 0 Å². The van der Waals surface area contributed by atoms with E-state index in [1.54, 1.807) is 7.05 Å². The number of carbonyl (C=O) groups excluding carboxylic acids is 1. The molecule has 2 rings (SSSR count). The fourth-order valence-corrected chi connectivity index (χ4v) is 3.56. The summed E-state index contributed by atoms with van der Waals surface area (Å²) in [7, 11) is -2.68. The van der Waals surface area contributed by atoms with Crippen LogP contribution in [0.25, 0.3) is 0 Å². The first-order valence-electron chi connectivity index (χ1n) is 6.22. The normalized spacial score (nSPS) is 17.9. The van der Waals surface area contributed by atoms with Gasteiger partial charge in [-0.05, 0) is 18.6 Å². The number of hydrogen-bond donors (Lipinski definition) is 1. The first-order valence-corrected chi connectivity index (χ1v) is 7.66. The van der Waals surface area contributed by atoms with Gasteiger partial charge in [0.1, 0.15) is 16.4 Å². The van der Waals surface area contributed by atoms with Gasteiger partial charge in [0.15, 0.2) is 5.82 Å². The third-order valence-corrected chi connectivity index (χ3v) is 5.21. The predicted molar refractivity (Wildman–Crippen MR) is 71.8 cm³/mol. The molecule has 1 heterocycles. The Labute approximate surface area is 121 Å². The van der Waals surface area contributed by atoms with Crippen LogP contribution in [0.4, 0.5) is 14.5 Å². The van der Waals surface area contributed by atoms with Gasteiger partial charge in [0.05, 0.1) is 6.54 Å². The maximum atomic E-state index is 13.9. The van der Waals surface area contributed by atoms with Crippen molar-refractivity contribution in [2.75, 3.05) is 32.4 Å². The van der Waals surface area contributed by atoms with Gasteiger partial charge >= 0.3 is 0 Å². The van der Waals surface area contributed by atoms with Crippen LogP contribution in [0.1, 0.15) is 6.42 Å². The lowest BCUT2D eigenvalue weighted by atomic mass is 10.3. The summed E-state index contributed by atoms with van der Waals surface area (Å²) in [5.74, 6) is -2.75. The highest BCUT2D eigenvalue weighted by molar-refractivity contribution is 7.89. The lowest BCUT2D eigenvalue weighted by Gasteiger charge is -2.20. The lowest BCUT2D eigenvalue weighted by molar-refractivity contribution is -0.129. The Morgan fingerprint density at radius 1 is 1.24 bits per heavy atom. The number of nitrogens with zero attached hydrogens (tertiary/aromatic N) is 2. The summed E-state index contributed by atoms with van der Waals surface area (Å²) in [6.45, 7) is 0.115. The van der Waals surface area contributed by atoms with Gasteiger partial charge in [0, 0.05) is 20.1 Å². The molecule has 1 aromatic rings. The van der Waals surface area contributed by atoms with E-state index in [-0.39, 0.29) is 19.0 Å². The molecule has 1 amide bonds. The van der Waals surface area contributed by atoms with E-state index in [1.807, 2.05) is 0 Å². The predicted octanol–water partition coefficient (Wildman–Crippen LogP) is 0.400. The van der Waals surface area contributed by atoms with E-state index in [9.17, 15) is 22.0 Å². The zero-order valence-corrected chi connectivity index (χ0v) is 12.2. The SMILES string of the molecule is CN1CCCN(S(=O)(=O)c2ccc(F)c(N)c2F)CC1=O. The fourth-order valence-electron chi connectivity index (χ4n) is 2.05. The van der Waals surface area contributed by atoms with Gasteiger partial charge in [-0.2, -0.15) is 4.31 Å². The summed E-state index contributed by atoms with van der Waals surface area (Å²) in [6, 6.07) is 1.60. The number of likely N-dealkylation sites (N-methyl/N-ethyl adjacent to an activating group) is 1. The highest BCUT2D eigenvalue weighted by Crippen LogP contribution is 2.26. The van der Waals surface area contributed by atoms with E-state index < -0.39 is 32.2 Å². The first-order chi connectivity index (χ1) is 9.75. The first kappa shape index (κ1) is 15.6. The lowest BCUT2D eigenvalue weighted by Crippen LogP contribution is -2.38. The molecule has 0 aliphatic carbocycles. The van der Waals surface area contributed by atoms with E-state index in [4.69, 9.17) is 5.73 Å². The molecule has 0 atom stereocenters. The van der Waals surface area contributed by atoms with Crippen LogP contribution < -0.4 is 5.73 Å². The molecule has 1 aliphatic heterocycles. The second-order valence-corrected chi connectivity index (χ2v) is 6.69. The number of amides is 1. The minimum Gasteiger partial charge on any atom is -0.394 e. The molecule has 9 heteroatoms. The maximum absolute atomic E-state index is 13.9. The molecular weight excluding hydrogens is 304 g/mol. The van der Waals surface area contributed by atoms with Gasteiger partial charge in [-0.1, -0.05) is 0 Å². The Morgan fingerprint density at radius 2 is 1.90 bits per heavy atom. The Morgan fingerprint density at radius 3 is 2.57 bits per heavy atom. The number of hydrogen-bond acceptors (Lipinski definition) is 4. The van der Waals surface area contributed by atoms with Gasteiger partial charge in [-0.25, -0.2) is 17.2 Å². The third-order valence-electron chi connectivity index (χ3n) is 3.35. The number of anilines is 1. The van der Waals surface area contributed by atoms with Crippen LogP contribution >= 0.6 is 0 Å². The maximum Gasteiger partial charge on any atom is 0.246 e. The van der Waals surface area contributed by atoms with E-state index in [2.05, 4.69) is 0 Å². The number of sulfonamides is 1. The number of carbonyl (C=O) groups is 1. The van der Waals surface area contributed by atoms with Crippen LogP contribution in [0.2, 0.25) is 0 Å². The Kier molecular flexibility index (Phi) is 4.15. The molecule has 21 heavy (non-hydrogen) atoms. The van der Waals surface area contributed by atoms with Gasteiger partial charge in [0.25, 0.3) is 0 Å². The van der Waals surface area contributed by atoms with Crippen LogP contribution in [0.15, 0.2) is 17.0 Å². The largest absolute Gasteiger partial charge is 0.394 e. The summed E-state index contributed by atoms with van der Waals surface area (Å²) in [5.41, 5.74) is 4.33. The number of rotatable bonds is 2. The number of nitrogen functional groups attached to an aromatic ring is 1. The van der Waals surface area contributed by atoms with Gasteiger partial charge in [-0.15, -0.1) is 0 Å². The molecule has 0 saturated carbocycles. The molecule has 0 aromatic heterocycles. The van der Waals surface area contributed by atoms with Crippen LogP contribution in [0, 0.1) is 11.6 Å². The van der Waals surface area contributed by atoms with Gasteiger partial charge < -0.3 is 10.6 Å². The van der Waals surface area contributed by atoms with Crippen molar-refractivity contribution in [2.45, 2.75) is 11.3 Å². The van der Waals surface area contributed by atoms with Crippen LogP contribution in [-0.2, 0) is 14.8 Å². The molecule has 2 N–H and O–H groups in total. The average Bonchev–Trinajstić information content (AvgIpc) is 2.59. The van der Waals surface area contributed by atoms with E-state index in [0.29, 0.717) is 13.0 Å². The molecule has 0 radical (unpaired) electrons. The van der Waals surface area contributed by atoms with Gasteiger partial charge in [0.2, 0.25) is 15.9 Å². The summed E-state index contributed by atoms with van der Waals surface area (Å²) >= 11 is 0. The highest BCUT2D eigenvalue weighted by atomic mass is 32.2. The van der Waals surface area contributed by atoms with Crippen molar-refractivity contribution in [3.05, 3.63) is 23.8 Å². The summed E-state index contributed by atoms with van der Waals surface area (Å²) in [6.07, 6.45) is 0.430. The summed E-state index contributed by atoms with van der Waals surface area (Å²) in [4.78, 5) is 12.4. The number of benzene rings is 1. The summed E-state index contributed by atoms with van der Waals surface area (Å²) in [5, 5.41) is 0. The van der Waals surface area contributed by atoms with E-state index in [0.717, 1.165) is 16.4 Å². The quantitative estimate of drug-likeness (QED) is 0.800. The van der Waals surface area contributed by atoms with Crippen molar-refractivity contribution in [3.63, 3.8) is 0 Å². The number of nitrogens with two attached hydrogens (primary N) is 1. The van der Waals surface area contributed by atoms with Crippen molar-refractivity contribution >= 4 is 21.6 Å².